The van der Waals surface area contributed by atoms with Gasteiger partial charge in [0.15, 0.2) is 0 Å². The number of nitrogens with two attached hydrogens (primary N) is 2. The molecule has 2 heterocycles. The Balaban J connectivity index is 2.57. The maximum atomic E-state index is 5.58. The summed E-state index contributed by atoms with van der Waals surface area (Å²) in [6.07, 6.45) is 0. The number of hydrogen-bond donors (Lipinski definition) is 2. The third-order valence-electron chi connectivity index (χ3n) is 2.01. The maximum absolute atomic E-state index is 5.58. The zero-order valence-electron chi connectivity index (χ0n) is 9.10. The van der Waals surface area contributed by atoms with Gasteiger partial charge in [0.25, 0.3) is 0 Å². The van der Waals surface area contributed by atoms with E-state index in [0.29, 0.717) is 11.4 Å². The molecule has 0 atom stereocenters. The molecule has 2 aromatic rings. The Morgan fingerprint density at radius 1 is 0.750 bits per heavy atom. The van der Waals surface area contributed by atoms with E-state index in [2.05, 4.69) is 19.9 Å². The normalized spacial score (nSPS) is 10.4. The number of nitrogens with zero attached hydrogens (tertiary/aromatic N) is 4. The van der Waals surface area contributed by atoms with Crippen LogP contribution in [0.1, 0.15) is 11.4 Å². The average molecular weight is 216 g/mol. The summed E-state index contributed by atoms with van der Waals surface area (Å²) in [4.78, 5) is 16.2. The molecule has 16 heavy (non-hydrogen) atoms. The number of hydrogen-bond acceptors (Lipinski definition) is 6. The molecule has 0 saturated carbocycles. The minimum absolute atomic E-state index is 0.227. The molecular weight excluding hydrogens is 204 g/mol. The van der Waals surface area contributed by atoms with Gasteiger partial charge in [-0.15, -0.1) is 0 Å². The molecule has 0 fully saturated rings. The van der Waals surface area contributed by atoms with Crippen LogP contribution < -0.4 is 11.5 Å². The molecule has 2 rings (SSSR count). The van der Waals surface area contributed by atoms with Gasteiger partial charge < -0.3 is 11.5 Å². The topological polar surface area (TPSA) is 104 Å². The van der Waals surface area contributed by atoms with Gasteiger partial charge in [-0.05, 0) is 26.0 Å². The first-order chi connectivity index (χ1) is 7.54. The van der Waals surface area contributed by atoms with Gasteiger partial charge in [-0.25, -0.2) is 19.9 Å². The Morgan fingerprint density at radius 3 is 1.44 bits per heavy atom. The molecule has 0 saturated heterocycles. The Labute approximate surface area is 92.8 Å². The number of aromatic nitrogens is 4. The van der Waals surface area contributed by atoms with Crippen LogP contribution >= 0.6 is 0 Å². The van der Waals surface area contributed by atoms with Crippen LogP contribution in [0, 0.1) is 13.8 Å². The summed E-state index contributed by atoms with van der Waals surface area (Å²) in [6.45, 7) is 3.69. The third-order valence-corrected chi connectivity index (χ3v) is 2.01. The first-order valence-electron chi connectivity index (χ1n) is 4.77. The maximum Gasteiger partial charge on any atom is 0.220 e. The molecule has 0 radical (unpaired) electrons. The molecule has 2 aromatic heterocycles. The summed E-state index contributed by atoms with van der Waals surface area (Å²) in [6, 6.07) is 3.61. The number of anilines is 2. The fraction of sp³-hybridized carbons (Fsp3) is 0.200. The van der Waals surface area contributed by atoms with E-state index >= 15 is 0 Å². The minimum atomic E-state index is 0.227. The van der Waals surface area contributed by atoms with Gasteiger partial charge in [0.05, 0.1) is 11.4 Å². The summed E-state index contributed by atoms with van der Waals surface area (Å²) in [7, 11) is 0. The van der Waals surface area contributed by atoms with Crippen LogP contribution in [-0.4, -0.2) is 19.9 Å². The molecule has 0 spiro atoms. The van der Waals surface area contributed by atoms with Crippen LogP contribution in [0.3, 0.4) is 0 Å². The van der Waals surface area contributed by atoms with E-state index in [-0.39, 0.29) is 11.9 Å². The Bertz CT molecular complexity index is 447. The third kappa shape index (κ3) is 2.05. The molecule has 0 aromatic carbocycles. The number of nitrogen functional groups attached to an aromatic ring is 2. The molecule has 0 amide bonds. The lowest BCUT2D eigenvalue weighted by molar-refractivity contribution is 1.08. The van der Waals surface area contributed by atoms with Crippen LogP contribution in [-0.2, 0) is 0 Å². The highest BCUT2D eigenvalue weighted by molar-refractivity contribution is 5.57. The summed E-state index contributed by atoms with van der Waals surface area (Å²) >= 11 is 0. The van der Waals surface area contributed by atoms with E-state index in [4.69, 9.17) is 11.5 Å². The minimum Gasteiger partial charge on any atom is -0.368 e. The lowest BCUT2D eigenvalue weighted by Crippen LogP contribution is -2.02. The van der Waals surface area contributed by atoms with Gasteiger partial charge in [-0.1, -0.05) is 0 Å². The van der Waals surface area contributed by atoms with Crippen molar-refractivity contribution in [2.24, 2.45) is 0 Å². The molecule has 6 heteroatoms. The Hall–Kier alpha value is -2.24. The van der Waals surface area contributed by atoms with E-state index in [1.165, 1.54) is 0 Å². The van der Waals surface area contributed by atoms with E-state index in [9.17, 15) is 0 Å². The molecule has 0 bridgehead atoms. The van der Waals surface area contributed by atoms with Gasteiger partial charge in [-0.3, -0.25) is 0 Å². The van der Waals surface area contributed by atoms with Gasteiger partial charge >= 0.3 is 0 Å². The second kappa shape index (κ2) is 3.73. The van der Waals surface area contributed by atoms with Crippen molar-refractivity contribution in [2.45, 2.75) is 13.8 Å². The van der Waals surface area contributed by atoms with Crippen molar-refractivity contribution in [2.75, 3.05) is 11.5 Å². The second-order valence-electron chi connectivity index (χ2n) is 3.51. The average Bonchev–Trinajstić information content (AvgIpc) is 2.14. The highest BCUT2D eigenvalue weighted by Gasteiger charge is 2.06. The van der Waals surface area contributed by atoms with E-state index in [1.807, 2.05) is 13.8 Å². The Kier molecular flexibility index (Phi) is 2.40. The molecule has 0 unspecified atom stereocenters. The van der Waals surface area contributed by atoms with Gasteiger partial charge in [0.1, 0.15) is 0 Å². The van der Waals surface area contributed by atoms with Crippen molar-refractivity contribution >= 4 is 11.9 Å². The predicted molar refractivity (Wildman–Crippen MR) is 61.4 cm³/mol. The fourth-order valence-corrected chi connectivity index (χ4v) is 1.45. The highest BCUT2D eigenvalue weighted by atomic mass is 15.0. The molecular formula is C10H12N6. The molecule has 0 aliphatic carbocycles. The lowest BCUT2D eigenvalue weighted by Gasteiger charge is -2.04. The van der Waals surface area contributed by atoms with E-state index < -0.39 is 0 Å². The second-order valence-corrected chi connectivity index (χ2v) is 3.51. The predicted octanol–water partition coefficient (Wildman–Crippen LogP) is 0.715. The van der Waals surface area contributed by atoms with Gasteiger partial charge in [0.2, 0.25) is 11.9 Å². The van der Waals surface area contributed by atoms with E-state index in [0.717, 1.165) is 11.4 Å². The van der Waals surface area contributed by atoms with Crippen molar-refractivity contribution in [3.63, 3.8) is 0 Å². The molecule has 82 valence electrons. The van der Waals surface area contributed by atoms with Crippen LogP contribution in [0.4, 0.5) is 11.9 Å². The molecule has 0 aliphatic rings. The van der Waals surface area contributed by atoms with Crippen LogP contribution in [0.5, 0.6) is 0 Å². The molecule has 6 nitrogen and oxygen atoms in total. The largest absolute Gasteiger partial charge is 0.368 e. The SMILES string of the molecule is Cc1cc(-c2cc(C)nc(N)n2)nc(N)n1. The zero-order valence-corrected chi connectivity index (χ0v) is 9.10. The van der Waals surface area contributed by atoms with Crippen LogP contribution in [0.25, 0.3) is 11.4 Å². The number of aryl methyl sites for hydroxylation is 2. The quantitative estimate of drug-likeness (QED) is 0.727. The Morgan fingerprint density at radius 2 is 1.12 bits per heavy atom. The summed E-state index contributed by atoms with van der Waals surface area (Å²) in [5, 5.41) is 0. The monoisotopic (exact) mass is 216 g/mol. The zero-order chi connectivity index (χ0) is 11.7. The first-order valence-corrected chi connectivity index (χ1v) is 4.77. The van der Waals surface area contributed by atoms with Crippen LogP contribution in [0.2, 0.25) is 0 Å². The van der Waals surface area contributed by atoms with Crippen molar-refractivity contribution in [3.05, 3.63) is 23.5 Å². The van der Waals surface area contributed by atoms with Crippen molar-refractivity contribution in [1.82, 2.24) is 19.9 Å². The molecule has 0 aliphatic heterocycles. The molecule has 4 N–H and O–H groups in total. The number of rotatable bonds is 1. The van der Waals surface area contributed by atoms with Crippen molar-refractivity contribution < 1.29 is 0 Å². The smallest absolute Gasteiger partial charge is 0.220 e. The van der Waals surface area contributed by atoms with Crippen LogP contribution in [0.15, 0.2) is 12.1 Å². The van der Waals surface area contributed by atoms with Crippen molar-refractivity contribution in [3.8, 4) is 11.4 Å². The summed E-state index contributed by atoms with van der Waals surface area (Å²) in [5.41, 5.74) is 14.0. The standard InChI is InChI=1S/C10H12N6/c1-5-3-7(15-9(11)13-5)8-4-6(2)14-10(12)16-8/h3-4H,1-2H3,(H2,11,13,15)(H2,12,14,16). The summed E-state index contributed by atoms with van der Waals surface area (Å²) in [5.74, 6) is 0.453. The van der Waals surface area contributed by atoms with E-state index in [1.54, 1.807) is 12.1 Å². The summed E-state index contributed by atoms with van der Waals surface area (Å²) < 4.78 is 0. The van der Waals surface area contributed by atoms with Gasteiger partial charge in [-0.2, -0.15) is 0 Å². The van der Waals surface area contributed by atoms with Gasteiger partial charge in [0, 0.05) is 11.4 Å². The fourth-order valence-electron chi connectivity index (χ4n) is 1.45. The first kappa shape index (κ1) is 10.3. The highest BCUT2D eigenvalue weighted by Crippen LogP contribution is 2.17. The lowest BCUT2D eigenvalue weighted by atomic mass is 10.2. The van der Waals surface area contributed by atoms with Crippen molar-refractivity contribution in [1.29, 1.82) is 0 Å².